The molecule has 0 aliphatic carbocycles. The largest absolute Gasteiger partial charge is 0.497 e. The van der Waals surface area contributed by atoms with Crippen LogP contribution in [0.15, 0.2) is 48.5 Å². The van der Waals surface area contributed by atoms with E-state index >= 15 is 0 Å². The van der Waals surface area contributed by atoms with Crippen molar-refractivity contribution in [2.45, 2.75) is 38.2 Å². The molecule has 1 heterocycles. The van der Waals surface area contributed by atoms with E-state index in [9.17, 15) is 5.11 Å². The van der Waals surface area contributed by atoms with Crippen LogP contribution in [0.2, 0.25) is 5.02 Å². The second kappa shape index (κ2) is 10.6. The lowest BCUT2D eigenvalue weighted by Gasteiger charge is -2.41. The van der Waals surface area contributed by atoms with Crippen LogP contribution in [-0.2, 0) is 10.3 Å². The molecule has 164 valence electrons. The second-order valence-electron chi connectivity index (χ2n) is 8.60. The summed E-state index contributed by atoms with van der Waals surface area (Å²) in [5.74, 6) is 1.21. The van der Waals surface area contributed by atoms with E-state index in [1.54, 1.807) is 7.11 Å². The van der Waals surface area contributed by atoms with Crippen molar-refractivity contribution in [1.82, 2.24) is 4.90 Å². The standard InChI is InChI=1S/C25H34ClNO3/c1-19(2)12-13-25(28,21-6-10-23(29-3)11-7-21)24(18-27-14-16-30-17-15-27)20-4-8-22(26)9-5-20/h4-11,19,24,28H,12-18H2,1-3H3/t24-,25-/m0/s1. The summed E-state index contributed by atoms with van der Waals surface area (Å²) >= 11 is 6.17. The van der Waals surface area contributed by atoms with Crippen molar-refractivity contribution in [3.8, 4) is 5.75 Å². The zero-order valence-corrected chi connectivity index (χ0v) is 19.1. The first kappa shape index (κ1) is 23.1. The van der Waals surface area contributed by atoms with E-state index in [0.29, 0.717) is 17.4 Å². The normalized spacial score (nSPS) is 18.2. The zero-order valence-electron chi connectivity index (χ0n) is 18.3. The van der Waals surface area contributed by atoms with E-state index in [4.69, 9.17) is 21.1 Å². The van der Waals surface area contributed by atoms with Gasteiger partial charge in [0, 0.05) is 30.6 Å². The van der Waals surface area contributed by atoms with Gasteiger partial charge in [-0.25, -0.2) is 0 Å². The Kier molecular flexibility index (Phi) is 8.18. The van der Waals surface area contributed by atoms with E-state index < -0.39 is 5.60 Å². The fraction of sp³-hybridized carbons (Fsp3) is 0.520. The predicted octanol–water partition coefficient (Wildman–Crippen LogP) is 5.09. The molecule has 0 bridgehead atoms. The molecule has 1 aliphatic rings. The SMILES string of the molecule is COc1ccc([C@@](O)(CCC(C)C)[C@@H](CN2CCOCC2)c2ccc(Cl)cc2)cc1. The van der Waals surface area contributed by atoms with Gasteiger partial charge in [-0.1, -0.05) is 49.7 Å². The number of ether oxygens (including phenoxy) is 2. The summed E-state index contributed by atoms with van der Waals surface area (Å²) in [6.07, 6.45) is 1.63. The molecule has 1 N–H and O–H groups in total. The van der Waals surface area contributed by atoms with Crippen LogP contribution < -0.4 is 4.74 Å². The highest BCUT2D eigenvalue weighted by Gasteiger charge is 2.40. The minimum atomic E-state index is -0.997. The smallest absolute Gasteiger partial charge is 0.118 e. The molecule has 1 fully saturated rings. The average molecular weight is 432 g/mol. The van der Waals surface area contributed by atoms with Crippen molar-refractivity contribution in [1.29, 1.82) is 0 Å². The Balaban J connectivity index is 2.02. The molecule has 2 aromatic rings. The summed E-state index contributed by atoms with van der Waals surface area (Å²) in [5, 5.41) is 13.0. The number of aliphatic hydroxyl groups is 1. The van der Waals surface area contributed by atoms with Gasteiger partial charge < -0.3 is 14.6 Å². The first-order valence-corrected chi connectivity index (χ1v) is 11.2. The Bertz CT molecular complexity index is 772. The quantitative estimate of drug-likeness (QED) is 0.600. The third kappa shape index (κ3) is 5.76. The van der Waals surface area contributed by atoms with Crippen molar-refractivity contribution in [3.05, 3.63) is 64.7 Å². The molecule has 1 saturated heterocycles. The van der Waals surface area contributed by atoms with E-state index in [1.807, 2.05) is 36.4 Å². The van der Waals surface area contributed by atoms with Crippen molar-refractivity contribution in [2.24, 2.45) is 5.92 Å². The molecule has 2 atom stereocenters. The van der Waals surface area contributed by atoms with E-state index in [0.717, 1.165) is 56.1 Å². The van der Waals surface area contributed by atoms with Gasteiger partial charge in [0.1, 0.15) is 5.75 Å². The number of hydrogen-bond donors (Lipinski definition) is 1. The molecule has 30 heavy (non-hydrogen) atoms. The van der Waals surface area contributed by atoms with Gasteiger partial charge in [-0.05, 0) is 54.2 Å². The summed E-state index contributed by atoms with van der Waals surface area (Å²) in [7, 11) is 1.66. The van der Waals surface area contributed by atoms with Crippen molar-refractivity contribution >= 4 is 11.6 Å². The van der Waals surface area contributed by atoms with E-state index in [-0.39, 0.29) is 5.92 Å². The van der Waals surface area contributed by atoms with E-state index in [1.165, 1.54) is 0 Å². The number of halogens is 1. The number of rotatable bonds is 9. The van der Waals surface area contributed by atoms with Crippen LogP contribution in [0.5, 0.6) is 5.75 Å². The van der Waals surface area contributed by atoms with Crippen LogP contribution in [0.4, 0.5) is 0 Å². The summed E-state index contributed by atoms with van der Waals surface area (Å²) in [4.78, 5) is 2.40. The van der Waals surface area contributed by atoms with Gasteiger partial charge in [0.15, 0.2) is 0 Å². The number of morpholine rings is 1. The van der Waals surface area contributed by atoms with Crippen molar-refractivity contribution in [3.63, 3.8) is 0 Å². The van der Waals surface area contributed by atoms with Crippen molar-refractivity contribution in [2.75, 3.05) is 40.0 Å². The highest BCUT2D eigenvalue weighted by atomic mass is 35.5. The molecule has 0 aromatic heterocycles. The van der Waals surface area contributed by atoms with Gasteiger partial charge in [-0.15, -0.1) is 0 Å². The molecule has 5 heteroatoms. The fourth-order valence-corrected chi connectivity index (χ4v) is 4.30. The van der Waals surface area contributed by atoms with Crippen LogP contribution in [0.25, 0.3) is 0 Å². The predicted molar refractivity (Wildman–Crippen MR) is 122 cm³/mol. The molecule has 4 nitrogen and oxygen atoms in total. The average Bonchev–Trinajstić information content (AvgIpc) is 2.77. The maximum Gasteiger partial charge on any atom is 0.118 e. The highest BCUT2D eigenvalue weighted by Crippen LogP contribution is 2.43. The molecule has 3 rings (SSSR count). The van der Waals surface area contributed by atoms with Crippen LogP contribution in [0.1, 0.15) is 43.7 Å². The molecule has 0 saturated carbocycles. The molecular weight excluding hydrogens is 398 g/mol. The fourth-order valence-electron chi connectivity index (χ4n) is 4.18. The Hall–Kier alpha value is -1.59. The van der Waals surface area contributed by atoms with Crippen molar-refractivity contribution < 1.29 is 14.6 Å². The minimum Gasteiger partial charge on any atom is -0.497 e. The first-order chi connectivity index (χ1) is 14.4. The Morgan fingerprint density at radius 2 is 1.70 bits per heavy atom. The van der Waals surface area contributed by atoms with Crippen LogP contribution >= 0.6 is 11.6 Å². The Labute approximate surface area is 185 Å². The third-order valence-electron chi connectivity index (χ3n) is 6.09. The summed E-state index contributed by atoms with van der Waals surface area (Å²) in [6, 6.07) is 15.8. The minimum absolute atomic E-state index is 0.0833. The number of hydrogen-bond acceptors (Lipinski definition) is 4. The summed E-state index contributed by atoms with van der Waals surface area (Å²) < 4.78 is 10.9. The van der Waals surface area contributed by atoms with Gasteiger partial charge in [-0.2, -0.15) is 0 Å². The number of methoxy groups -OCH3 is 1. The number of nitrogens with zero attached hydrogens (tertiary/aromatic N) is 1. The lowest BCUT2D eigenvalue weighted by atomic mass is 9.73. The first-order valence-electron chi connectivity index (χ1n) is 10.8. The van der Waals surface area contributed by atoms with Gasteiger partial charge in [0.2, 0.25) is 0 Å². The zero-order chi connectivity index (χ0) is 21.6. The van der Waals surface area contributed by atoms with Gasteiger partial charge >= 0.3 is 0 Å². The number of benzene rings is 2. The topological polar surface area (TPSA) is 41.9 Å². The molecular formula is C25H34ClNO3. The summed E-state index contributed by atoms with van der Waals surface area (Å²) in [5.41, 5.74) is 1.04. The molecule has 0 unspecified atom stereocenters. The lowest BCUT2D eigenvalue weighted by Crippen LogP contribution is -2.45. The third-order valence-corrected chi connectivity index (χ3v) is 6.34. The molecule has 0 radical (unpaired) electrons. The molecule has 2 aromatic carbocycles. The maximum atomic E-state index is 12.3. The lowest BCUT2D eigenvalue weighted by molar-refractivity contribution is -0.0311. The van der Waals surface area contributed by atoms with Crippen LogP contribution in [-0.4, -0.2) is 50.0 Å². The monoisotopic (exact) mass is 431 g/mol. The van der Waals surface area contributed by atoms with Crippen LogP contribution in [0, 0.1) is 5.92 Å². The highest BCUT2D eigenvalue weighted by molar-refractivity contribution is 6.30. The van der Waals surface area contributed by atoms with Crippen LogP contribution in [0.3, 0.4) is 0 Å². The maximum absolute atomic E-state index is 12.3. The van der Waals surface area contributed by atoms with E-state index in [2.05, 4.69) is 30.9 Å². The Morgan fingerprint density at radius 3 is 2.27 bits per heavy atom. The van der Waals surface area contributed by atoms with Gasteiger partial charge in [-0.3, -0.25) is 4.90 Å². The molecule has 0 spiro atoms. The molecule has 1 aliphatic heterocycles. The molecule has 0 amide bonds. The van der Waals surface area contributed by atoms with Gasteiger partial charge in [0.25, 0.3) is 0 Å². The van der Waals surface area contributed by atoms with Gasteiger partial charge in [0.05, 0.1) is 25.9 Å². The summed E-state index contributed by atoms with van der Waals surface area (Å²) in [6.45, 7) is 8.41. The second-order valence-corrected chi connectivity index (χ2v) is 9.04. The Morgan fingerprint density at radius 1 is 1.07 bits per heavy atom.